The van der Waals surface area contributed by atoms with Crippen LogP contribution in [0.2, 0.25) is 0 Å². The molecule has 0 aliphatic carbocycles. The van der Waals surface area contributed by atoms with Gasteiger partial charge in [-0.2, -0.15) is 13.2 Å². The summed E-state index contributed by atoms with van der Waals surface area (Å²) in [5.74, 6) is 0.947. The molecule has 0 aromatic heterocycles. The lowest BCUT2D eigenvalue weighted by Crippen LogP contribution is -2.41. The lowest BCUT2D eigenvalue weighted by molar-refractivity contribution is -0.143. The number of halogens is 4. The molecule has 28 heavy (non-hydrogen) atoms. The number of nitrogens with one attached hydrogen (secondary N) is 2. The van der Waals surface area contributed by atoms with Gasteiger partial charge in [0.15, 0.2) is 5.96 Å². The minimum absolute atomic E-state index is 0. The van der Waals surface area contributed by atoms with Gasteiger partial charge in [-0.05, 0) is 37.8 Å². The van der Waals surface area contributed by atoms with E-state index in [0.29, 0.717) is 26.2 Å². The summed E-state index contributed by atoms with van der Waals surface area (Å²) in [5, 5.41) is 6.64. The van der Waals surface area contributed by atoms with E-state index in [-0.39, 0.29) is 29.9 Å². The summed E-state index contributed by atoms with van der Waals surface area (Å²) in [5.41, 5.74) is 2.35. The molecule has 1 aromatic rings. The van der Waals surface area contributed by atoms with Crippen LogP contribution in [-0.4, -0.2) is 49.8 Å². The van der Waals surface area contributed by atoms with Gasteiger partial charge >= 0.3 is 6.18 Å². The van der Waals surface area contributed by atoms with E-state index >= 15 is 0 Å². The van der Waals surface area contributed by atoms with Gasteiger partial charge in [-0.3, -0.25) is 4.90 Å². The number of nitrogens with zero attached hydrogens (tertiary/aromatic N) is 2. The second-order valence-corrected chi connectivity index (χ2v) is 7.32. The van der Waals surface area contributed by atoms with Crippen LogP contribution in [0, 0.1) is 12.8 Å². The van der Waals surface area contributed by atoms with Gasteiger partial charge in [0.1, 0.15) is 0 Å². The van der Waals surface area contributed by atoms with Gasteiger partial charge in [-0.1, -0.05) is 43.2 Å². The zero-order chi connectivity index (χ0) is 19.7. The maximum Gasteiger partial charge on any atom is 0.401 e. The van der Waals surface area contributed by atoms with Gasteiger partial charge in [0.05, 0.1) is 13.1 Å². The highest BCUT2D eigenvalue weighted by molar-refractivity contribution is 14.0. The molecule has 160 valence electrons. The number of guanidine groups is 1. The number of unbranched alkanes of at least 4 members (excludes halogenated alkanes) is 1. The zero-order valence-electron chi connectivity index (χ0n) is 16.7. The molecule has 1 aliphatic rings. The summed E-state index contributed by atoms with van der Waals surface area (Å²) >= 11 is 0. The van der Waals surface area contributed by atoms with E-state index in [9.17, 15) is 13.2 Å². The summed E-state index contributed by atoms with van der Waals surface area (Å²) in [6.45, 7) is 6.40. The standard InChI is InChI=1S/C20H31F3N4.HI/c1-3-4-10-24-19(25-12-17-7-5-16(2)6-8-17)26-13-18-9-11-27(14-18)15-20(21,22)23;/h5-8,18H,3-4,9-15H2,1-2H3,(H2,24,25,26);1H. The Morgan fingerprint density at radius 2 is 1.93 bits per heavy atom. The van der Waals surface area contributed by atoms with Crippen molar-refractivity contribution in [1.29, 1.82) is 0 Å². The topological polar surface area (TPSA) is 39.7 Å². The van der Waals surface area contributed by atoms with Gasteiger partial charge in [0, 0.05) is 19.6 Å². The molecular weight excluding hydrogens is 480 g/mol. The summed E-state index contributed by atoms with van der Waals surface area (Å²) in [6, 6.07) is 8.26. The molecule has 1 saturated heterocycles. The van der Waals surface area contributed by atoms with Crippen LogP contribution in [0.3, 0.4) is 0 Å². The van der Waals surface area contributed by atoms with Crippen LogP contribution in [0.1, 0.15) is 37.3 Å². The van der Waals surface area contributed by atoms with Crippen molar-refractivity contribution in [3.05, 3.63) is 35.4 Å². The van der Waals surface area contributed by atoms with Crippen molar-refractivity contribution in [2.45, 2.75) is 45.8 Å². The first kappa shape index (κ1) is 25.0. The van der Waals surface area contributed by atoms with E-state index in [1.54, 1.807) is 0 Å². The van der Waals surface area contributed by atoms with E-state index < -0.39 is 12.7 Å². The molecule has 0 spiro atoms. The fourth-order valence-electron chi connectivity index (χ4n) is 3.14. The number of benzene rings is 1. The van der Waals surface area contributed by atoms with Crippen LogP contribution in [0.4, 0.5) is 13.2 Å². The van der Waals surface area contributed by atoms with Crippen LogP contribution in [0.5, 0.6) is 0 Å². The molecule has 0 saturated carbocycles. The van der Waals surface area contributed by atoms with E-state index in [4.69, 9.17) is 0 Å². The molecule has 2 N–H and O–H groups in total. The maximum atomic E-state index is 12.5. The highest BCUT2D eigenvalue weighted by Gasteiger charge is 2.34. The van der Waals surface area contributed by atoms with Crippen molar-refractivity contribution in [3.8, 4) is 0 Å². The third kappa shape index (κ3) is 9.95. The first-order chi connectivity index (χ1) is 12.9. The number of hydrogen-bond acceptors (Lipinski definition) is 2. The molecule has 1 fully saturated rings. The average molecular weight is 512 g/mol. The number of alkyl halides is 3. The zero-order valence-corrected chi connectivity index (χ0v) is 19.0. The van der Waals surface area contributed by atoms with Crippen molar-refractivity contribution >= 4 is 29.9 Å². The Bertz CT molecular complexity index is 590. The summed E-state index contributed by atoms with van der Waals surface area (Å²) < 4.78 is 37.6. The Balaban J connectivity index is 0.00000392. The second kappa shape index (κ2) is 12.5. The summed E-state index contributed by atoms with van der Waals surface area (Å²) in [4.78, 5) is 6.12. The van der Waals surface area contributed by atoms with Crippen molar-refractivity contribution in [2.75, 3.05) is 32.7 Å². The predicted molar refractivity (Wildman–Crippen MR) is 119 cm³/mol. The van der Waals surface area contributed by atoms with Gasteiger partial charge in [-0.25, -0.2) is 4.99 Å². The Kier molecular flexibility index (Phi) is 11.2. The van der Waals surface area contributed by atoms with Crippen molar-refractivity contribution in [1.82, 2.24) is 15.5 Å². The quantitative estimate of drug-likeness (QED) is 0.236. The largest absolute Gasteiger partial charge is 0.401 e. The molecule has 1 unspecified atom stereocenters. The predicted octanol–water partition coefficient (Wildman–Crippen LogP) is 4.33. The molecule has 4 nitrogen and oxygen atoms in total. The fourth-order valence-corrected chi connectivity index (χ4v) is 3.14. The van der Waals surface area contributed by atoms with Crippen LogP contribution in [0.15, 0.2) is 29.3 Å². The Morgan fingerprint density at radius 1 is 1.21 bits per heavy atom. The van der Waals surface area contributed by atoms with Gasteiger partial charge in [0.2, 0.25) is 0 Å². The lowest BCUT2D eigenvalue weighted by Gasteiger charge is -2.19. The van der Waals surface area contributed by atoms with Crippen molar-refractivity contribution in [3.63, 3.8) is 0 Å². The third-order valence-electron chi connectivity index (χ3n) is 4.69. The van der Waals surface area contributed by atoms with Crippen molar-refractivity contribution in [2.24, 2.45) is 10.9 Å². The highest BCUT2D eigenvalue weighted by atomic mass is 127. The SMILES string of the molecule is CCCCNC(=NCc1ccc(C)cc1)NCC1CCN(CC(F)(F)F)C1.I. The third-order valence-corrected chi connectivity index (χ3v) is 4.69. The van der Waals surface area contributed by atoms with Gasteiger partial charge in [0.25, 0.3) is 0 Å². The summed E-state index contributed by atoms with van der Waals surface area (Å²) in [6.07, 6.45) is -1.20. The highest BCUT2D eigenvalue weighted by Crippen LogP contribution is 2.22. The lowest BCUT2D eigenvalue weighted by atomic mass is 10.1. The minimum Gasteiger partial charge on any atom is -0.356 e. The minimum atomic E-state index is -4.12. The van der Waals surface area contributed by atoms with E-state index in [0.717, 1.165) is 37.3 Å². The molecule has 1 atom stereocenters. The Labute approximate surface area is 183 Å². The van der Waals surface area contributed by atoms with Crippen LogP contribution in [-0.2, 0) is 6.54 Å². The van der Waals surface area contributed by atoms with E-state index in [1.807, 2.05) is 0 Å². The molecule has 2 rings (SSSR count). The molecule has 1 heterocycles. The van der Waals surface area contributed by atoms with Crippen LogP contribution in [0.25, 0.3) is 0 Å². The molecule has 0 radical (unpaired) electrons. The van der Waals surface area contributed by atoms with Crippen LogP contribution < -0.4 is 10.6 Å². The van der Waals surface area contributed by atoms with E-state index in [1.165, 1.54) is 10.5 Å². The number of aliphatic imine (C=N–C) groups is 1. The van der Waals surface area contributed by atoms with Gasteiger partial charge < -0.3 is 10.6 Å². The normalized spacial score (nSPS) is 18.0. The molecule has 0 bridgehead atoms. The first-order valence-electron chi connectivity index (χ1n) is 9.72. The molecule has 1 aliphatic heterocycles. The Hall–Kier alpha value is -1.03. The van der Waals surface area contributed by atoms with Gasteiger partial charge in [-0.15, -0.1) is 24.0 Å². The second-order valence-electron chi connectivity index (χ2n) is 7.32. The van der Waals surface area contributed by atoms with Crippen molar-refractivity contribution < 1.29 is 13.2 Å². The fraction of sp³-hybridized carbons (Fsp3) is 0.650. The number of likely N-dealkylation sites (tertiary alicyclic amines) is 1. The smallest absolute Gasteiger partial charge is 0.356 e. The first-order valence-corrected chi connectivity index (χ1v) is 9.72. The van der Waals surface area contributed by atoms with Crippen LogP contribution >= 0.6 is 24.0 Å². The molecule has 1 aromatic carbocycles. The molecule has 8 heteroatoms. The monoisotopic (exact) mass is 512 g/mol. The van der Waals surface area contributed by atoms with E-state index in [2.05, 4.69) is 53.7 Å². The Morgan fingerprint density at radius 3 is 2.57 bits per heavy atom. The average Bonchev–Trinajstić information content (AvgIpc) is 3.04. The number of aryl methyl sites for hydroxylation is 1. The maximum absolute atomic E-state index is 12.5. The number of rotatable bonds is 8. The number of hydrogen-bond donors (Lipinski definition) is 2. The molecular formula is C20H32F3IN4. The summed E-state index contributed by atoms with van der Waals surface area (Å²) in [7, 11) is 0. The molecule has 0 amide bonds.